The molecule has 1 atom stereocenters. The highest BCUT2D eigenvalue weighted by Gasteiger charge is 2.18. The Morgan fingerprint density at radius 2 is 2.18 bits per heavy atom. The lowest BCUT2D eigenvalue weighted by Crippen LogP contribution is -2.16. The number of hydrogen-bond donors (Lipinski definition) is 1. The summed E-state index contributed by atoms with van der Waals surface area (Å²) in [5.41, 5.74) is 7.31. The van der Waals surface area contributed by atoms with Crippen molar-refractivity contribution in [3.05, 3.63) is 29.3 Å². The largest absolute Gasteiger partial charge is 0.496 e. The minimum absolute atomic E-state index is 0.0546. The van der Waals surface area contributed by atoms with E-state index in [1.165, 1.54) is 0 Å². The summed E-state index contributed by atoms with van der Waals surface area (Å²) in [6, 6.07) is 5.78. The first kappa shape index (κ1) is 13.7. The van der Waals surface area contributed by atoms with Crippen molar-refractivity contribution in [2.75, 3.05) is 13.7 Å². The fourth-order valence-electron chi connectivity index (χ4n) is 1.81. The number of carbonyl (C=O) groups is 1. The molecule has 2 N–H and O–H groups in total. The van der Waals surface area contributed by atoms with E-state index in [1.54, 1.807) is 7.11 Å². The first-order valence-electron chi connectivity index (χ1n) is 6.05. The zero-order valence-corrected chi connectivity index (χ0v) is 10.8. The molecule has 3 nitrogen and oxygen atoms in total. The lowest BCUT2D eigenvalue weighted by atomic mass is 9.94. The standard InChI is InChI=1S/C14H21NO2/c1-4-11-5-6-13(17-3)12(9-11)14(16)10(2)7-8-15/h5-6,9-10H,4,7-8,15H2,1-3H3. The molecule has 94 valence electrons. The van der Waals surface area contributed by atoms with Gasteiger partial charge in [-0.1, -0.05) is 19.9 Å². The zero-order valence-electron chi connectivity index (χ0n) is 10.8. The minimum atomic E-state index is -0.0546. The van der Waals surface area contributed by atoms with Gasteiger partial charge in [0.1, 0.15) is 5.75 Å². The van der Waals surface area contributed by atoms with Crippen LogP contribution in [0.1, 0.15) is 36.2 Å². The van der Waals surface area contributed by atoms with Crippen molar-refractivity contribution in [3.63, 3.8) is 0 Å². The van der Waals surface area contributed by atoms with Crippen molar-refractivity contribution in [2.24, 2.45) is 11.7 Å². The van der Waals surface area contributed by atoms with E-state index in [2.05, 4.69) is 6.92 Å². The Morgan fingerprint density at radius 3 is 2.71 bits per heavy atom. The van der Waals surface area contributed by atoms with Crippen LogP contribution in [0.3, 0.4) is 0 Å². The van der Waals surface area contributed by atoms with Gasteiger partial charge >= 0.3 is 0 Å². The number of ether oxygens (including phenoxy) is 1. The maximum absolute atomic E-state index is 12.2. The number of carbonyl (C=O) groups excluding carboxylic acids is 1. The third-order valence-corrected chi connectivity index (χ3v) is 2.98. The van der Waals surface area contributed by atoms with Crippen LogP contribution in [0.5, 0.6) is 5.75 Å². The lowest BCUT2D eigenvalue weighted by Gasteiger charge is -2.13. The Bertz CT molecular complexity index is 388. The first-order chi connectivity index (χ1) is 8.13. The molecule has 1 unspecified atom stereocenters. The second kappa shape index (κ2) is 6.40. The molecule has 0 aliphatic rings. The predicted octanol–water partition coefficient (Wildman–Crippen LogP) is 2.43. The van der Waals surface area contributed by atoms with Crippen molar-refractivity contribution in [3.8, 4) is 5.75 Å². The molecule has 1 aromatic carbocycles. The number of Topliss-reactive ketones (excluding diaryl/α,β-unsaturated/α-hetero) is 1. The van der Waals surface area contributed by atoms with E-state index in [4.69, 9.17) is 10.5 Å². The van der Waals surface area contributed by atoms with Gasteiger partial charge in [-0.05, 0) is 37.1 Å². The lowest BCUT2D eigenvalue weighted by molar-refractivity contribution is 0.0922. The maximum atomic E-state index is 12.2. The van der Waals surface area contributed by atoms with Gasteiger partial charge in [0.25, 0.3) is 0 Å². The molecule has 1 rings (SSSR count). The summed E-state index contributed by atoms with van der Waals surface area (Å²) >= 11 is 0. The molecule has 0 radical (unpaired) electrons. The van der Waals surface area contributed by atoms with Crippen LogP contribution in [0.25, 0.3) is 0 Å². The van der Waals surface area contributed by atoms with E-state index in [1.807, 2.05) is 25.1 Å². The smallest absolute Gasteiger partial charge is 0.169 e. The fraction of sp³-hybridized carbons (Fsp3) is 0.500. The summed E-state index contributed by atoms with van der Waals surface area (Å²) in [6.07, 6.45) is 1.62. The Morgan fingerprint density at radius 1 is 1.47 bits per heavy atom. The average Bonchev–Trinajstić information content (AvgIpc) is 2.37. The quantitative estimate of drug-likeness (QED) is 0.770. The van der Waals surface area contributed by atoms with Gasteiger partial charge in [-0.2, -0.15) is 0 Å². The number of ketones is 1. The first-order valence-corrected chi connectivity index (χ1v) is 6.05. The molecule has 0 heterocycles. The molecule has 17 heavy (non-hydrogen) atoms. The van der Waals surface area contributed by atoms with E-state index < -0.39 is 0 Å². The molecule has 0 aromatic heterocycles. The van der Waals surface area contributed by atoms with Gasteiger partial charge in [0.05, 0.1) is 12.7 Å². The Balaban J connectivity index is 3.05. The molecular formula is C14H21NO2. The molecule has 1 aromatic rings. The van der Waals surface area contributed by atoms with Gasteiger partial charge < -0.3 is 10.5 Å². The second-order valence-corrected chi connectivity index (χ2v) is 4.23. The van der Waals surface area contributed by atoms with Gasteiger partial charge in [0.2, 0.25) is 0 Å². The predicted molar refractivity (Wildman–Crippen MR) is 69.5 cm³/mol. The van der Waals surface area contributed by atoms with Crippen LogP contribution in [0.15, 0.2) is 18.2 Å². The summed E-state index contributed by atoms with van der Waals surface area (Å²) in [7, 11) is 1.59. The molecule has 0 aliphatic heterocycles. The van der Waals surface area contributed by atoms with E-state index >= 15 is 0 Å². The van der Waals surface area contributed by atoms with Crippen molar-refractivity contribution in [1.29, 1.82) is 0 Å². The topological polar surface area (TPSA) is 52.3 Å². The number of hydrogen-bond acceptors (Lipinski definition) is 3. The summed E-state index contributed by atoms with van der Waals surface area (Å²) < 4.78 is 5.24. The highest BCUT2D eigenvalue weighted by molar-refractivity contribution is 6.00. The van der Waals surface area contributed by atoms with E-state index in [-0.39, 0.29) is 11.7 Å². The van der Waals surface area contributed by atoms with Crippen molar-refractivity contribution >= 4 is 5.78 Å². The number of benzene rings is 1. The molecule has 0 amide bonds. The van der Waals surface area contributed by atoms with Crippen molar-refractivity contribution in [2.45, 2.75) is 26.7 Å². The van der Waals surface area contributed by atoms with Crippen molar-refractivity contribution < 1.29 is 9.53 Å². The van der Waals surface area contributed by atoms with Crippen LogP contribution >= 0.6 is 0 Å². The third-order valence-electron chi connectivity index (χ3n) is 2.98. The van der Waals surface area contributed by atoms with Crippen LogP contribution in [-0.4, -0.2) is 19.4 Å². The van der Waals surface area contributed by atoms with E-state index in [9.17, 15) is 4.79 Å². The number of aryl methyl sites for hydroxylation is 1. The Labute approximate surface area is 103 Å². The van der Waals surface area contributed by atoms with Gasteiger partial charge in [0.15, 0.2) is 5.78 Å². The van der Waals surface area contributed by atoms with Crippen LogP contribution in [-0.2, 0) is 6.42 Å². The van der Waals surface area contributed by atoms with Crippen LogP contribution in [0.4, 0.5) is 0 Å². The minimum Gasteiger partial charge on any atom is -0.496 e. The Kier molecular flexibility index (Phi) is 5.16. The van der Waals surface area contributed by atoms with Crippen LogP contribution in [0, 0.1) is 5.92 Å². The molecule has 0 aliphatic carbocycles. The number of methoxy groups -OCH3 is 1. The third kappa shape index (κ3) is 3.30. The normalized spacial score (nSPS) is 12.2. The van der Waals surface area contributed by atoms with Gasteiger partial charge in [-0.15, -0.1) is 0 Å². The van der Waals surface area contributed by atoms with E-state index in [0.29, 0.717) is 24.3 Å². The molecule has 3 heteroatoms. The zero-order chi connectivity index (χ0) is 12.8. The number of nitrogens with two attached hydrogens (primary N) is 1. The highest BCUT2D eigenvalue weighted by atomic mass is 16.5. The second-order valence-electron chi connectivity index (χ2n) is 4.23. The van der Waals surface area contributed by atoms with Gasteiger partial charge in [-0.3, -0.25) is 4.79 Å². The molecule has 0 saturated carbocycles. The van der Waals surface area contributed by atoms with E-state index in [0.717, 1.165) is 12.0 Å². The fourth-order valence-corrected chi connectivity index (χ4v) is 1.81. The molecule has 0 spiro atoms. The Hall–Kier alpha value is -1.35. The highest BCUT2D eigenvalue weighted by Crippen LogP contribution is 2.24. The van der Waals surface area contributed by atoms with Crippen molar-refractivity contribution in [1.82, 2.24) is 0 Å². The monoisotopic (exact) mass is 235 g/mol. The van der Waals surface area contributed by atoms with Crippen LogP contribution < -0.4 is 10.5 Å². The molecular weight excluding hydrogens is 214 g/mol. The number of rotatable bonds is 6. The summed E-state index contributed by atoms with van der Waals surface area (Å²) in [6.45, 7) is 4.51. The van der Waals surface area contributed by atoms with Gasteiger partial charge in [0, 0.05) is 5.92 Å². The molecule has 0 saturated heterocycles. The van der Waals surface area contributed by atoms with Gasteiger partial charge in [-0.25, -0.2) is 0 Å². The SMILES string of the molecule is CCc1ccc(OC)c(C(=O)C(C)CCN)c1. The summed E-state index contributed by atoms with van der Waals surface area (Å²) in [4.78, 5) is 12.2. The molecule has 0 bridgehead atoms. The maximum Gasteiger partial charge on any atom is 0.169 e. The molecule has 0 fully saturated rings. The van der Waals surface area contributed by atoms with Crippen LogP contribution in [0.2, 0.25) is 0 Å². The summed E-state index contributed by atoms with van der Waals surface area (Å²) in [5, 5.41) is 0. The average molecular weight is 235 g/mol. The summed E-state index contributed by atoms with van der Waals surface area (Å²) in [5.74, 6) is 0.708.